The summed E-state index contributed by atoms with van der Waals surface area (Å²) in [6, 6.07) is 17.1. The van der Waals surface area contributed by atoms with Gasteiger partial charge in [0.25, 0.3) is 17.0 Å². The SMILES string of the molecule is CCN1C(=O)/C(=c2\s/c(=c3/s/c(=C\c4ccc5c(c4)C4CCCC4N5c4ccccc4)c(=O)n3CC(=O)O)c(=O)n2CC)SC1=S. The van der Waals surface area contributed by atoms with Gasteiger partial charge in [0.1, 0.15) is 29.6 Å². The Labute approximate surface area is 281 Å². The van der Waals surface area contributed by atoms with Gasteiger partial charge in [-0.05, 0) is 68.2 Å². The lowest BCUT2D eigenvalue weighted by Gasteiger charge is -2.27. The molecule has 1 N–H and O–H groups in total. The van der Waals surface area contributed by atoms with Crippen LogP contribution in [0.15, 0.2) is 58.1 Å². The summed E-state index contributed by atoms with van der Waals surface area (Å²) < 4.78 is 4.36. The zero-order valence-corrected chi connectivity index (χ0v) is 28.4. The van der Waals surface area contributed by atoms with Crippen molar-refractivity contribution in [3.8, 4) is 0 Å². The van der Waals surface area contributed by atoms with Gasteiger partial charge in [0.2, 0.25) is 0 Å². The molecule has 0 bridgehead atoms. The molecule has 2 aromatic carbocycles. The summed E-state index contributed by atoms with van der Waals surface area (Å²) in [6.45, 7) is 3.77. The molecule has 2 unspecified atom stereocenters. The number of amides is 1. The third-order valence-corrected chi connectivity index (χ3v) is 12.8. The van der Waals surface area contributed by atoms with Crippen LogP contribution in [-0.2, 0) is 22.7 Å². The van der Waals surface area contributed by atoms with E-state index in [4.69, 9.17) is 12.2 Å². The van der Waals surface area contributed by atoms with Crippen LogP contribution in [0.5, 0.6) is 0 Å². The summed E-state index contributed by atoms with van der Waals surface area (Å²) in [7, 11) is 0. The normalized spacial score (nSPS) is 21.4. The van der Waals surface area contributed by atoms with E-state index in [0.29, 0.717) is 43.5 Å². The summed E-state index contributed by atoms with van der Waals surface area (Å²) in [5.41, 5.74) is 3.61. The third-order valence-electron chi connectivity index (χ3n) is 8.81. The van der Waals surface area contributed by atoms with Crippen LogP contribution in [0.25, 0.3) is 11.0 Å². The number of carbonyl (C=O) groups excluding carboxylic acids is 1. The van der Waals surface area contributed by atoms with Gasteiger partial charge >= 0.3 is 5.97 Å². The third kappa shape index (κ3) is 5.00. The lowest BCUT2D eigenvalue weighted by molar-refractivity contribution is -0.137. The molecule has 4 aromatic rings. The number of aliphatic carboxylic acids is 1. The monoisotopic (exact) mass is 690 g/mol. The van der Waals surface area contributed by atoms with E-state index in [1.807, 2.05) is 26.0 Å². The molecular formula is C33H30N4O5S4. The average molecular weight is 691 g/mol. The van der Waals surface area contributed by atoms with E-state index in [2.05, 4.69) is 41.3 Å². The second-order valence-corrected chi connectivity index (χ2v) is 15.0. The fraction of sp³-hybridized carbons (Fsp3) is 0.303. The van der Waals surface area contributed by atoms with Gasteiger partial charge in [-0.15, -0.1) is 22.7 Å². The predicted molar refractivity (Wildman–Crippen MR) is 187 cm³/mol. The molecule has 1 saturated carbocycles. The number of carboxylic acid groups (broad SMARTS) is 1. The summed E-state index contributed by atoms with van der Waals surface area (Å²) in [4.78, 5) is 56.8. The quantitative estimate of drug-likeness (QED) is 0.302. The number of anilines is 2. The van der Waals surface area contributed by atoms with E-state index in [-0.39, 0.29) is 20.7 Å². The van der Waals surface area contributed by atoms with Crippen molar-refractivity contribution in [2.24, 2.45) is 0 Å². The number of carboxylic acids is 1. The smallest absolute Gasteiger partial charge is 0.323 e. The number of carbonyl (C=O) groups is 2. The second-order valence-electron chi connectivity index (χ2n) is 11.4. The highest BCUT2D eigenvalue weighted by molar-refractivity contribution is 8.30. The van der Waals surface area contributed by atoms with Gasteiger partial charge in [-0.3, -0.25) is 33.2 Å². The Hall–Kier alpha value is -3.78. The van der Waals surface area contributed by atoms with Gasteiger partial charge in [0, 0.05) is 36.4 Å². The van der Waals surface area contributed by atoms with Gasteiger partial charge in [0.15, 0.2) is 0 Å². The highest BCUT2D eigenvalue weighted by Gasteiger charge is 2.42. The molecule has 0 spiro atoms. The number of thiocarbonyl (C=S) groups is 1. The fourth-order valence-corrected chi connectivity index (χ4v) is 10.8. The van der Waals surface area contributed by atoms with Crippen LogP contribution >= 0.6 is 46.7 Å². The molecule has 0 radical (unpaired) electrons. The predicted octanol–water partition coefficient (Wildman–Crippen LogP) is 4.13. The van der Waals surface area contributed by atoms with Crippen molar-refractivity contribution in [1.29, 1.82) is 0 Å². The van der Waals surface area contributed by atoms with Crippen molar-refractivity contribution in [1.82, 2.24) is 14.0 Å². The van der Waals surface area contributed by atoms with E-state index < -0.39 is 18.1 Å². The fourth-order valence-electron chi connectivity index (χ4n) is 6.81. The number of rotatable bonds is 6. The van der Waals surface area contributed by atoms with Crippen LogP contribution in [0.3, 0.4) is 0 Å². The number of thioether (sulfide) groups is 1. The highest BCUT2D eigenvalue weighted by Crippen LogP contribution is 2.52. The Kier molecular flexibility index (Phi) is 8.12. The van der Waals surface area contributed by atoms with E-state index in [0.717, 1.165) is 63.8 Å². The number of thiazole rings is 2. The average Bonchev–Trinajstić information content (AvgIpc) is 3.83. The van der Waals surface area contributed by atoms with E-state index in [1.54, 1.807) is 6.08 Å². The number of benzene rings is 2. The number of aromatic nitrogens is 2. The largest absolute Gasteiger partial charge is 0.480 e. The molecular weight excluding hydrogens is 661 g/mol. The first-order valence-corrected chi connectivity index (χ1v) is 18.0. The topological polar surface area (TPSA) is 105 Å². The van der Waals surface area contributed by atoms with Crippen LogP contribution in [0, 0.1) is 9.20 Å². The number of para-hydroxylation sites is 1. The molecule has 13 heteroatoms. The molecule has 46 heavy (non-hydrogen) atoms. The summed E-state index contributed by atoms with van der Waals surface area (Å²) in [5.74, 6) is -1.05. The Bertz CT molecular complexity index is 2270. The number of nitrogens with zero attached hydrogens (tertiary/aromatic N) is 4. The first-order chi connectivity index (χ1) is 22.2. The molecule has 2 fully saturated rings. The summed E-state index contributed by atoms with van der Waals surface area (Å²) in [5, 5.41) is 9.72. The molecule has 2 aliphatic heterocycles. The Morgan fingerprint density at radius 1 is 0.978 bits per heavy atom. The first kappa shape index (κ1) is 30.9. The second kappa shape index (κ2) is 12.1. The lowest BCUT2D eigenvalue weighted by atomic mass is 9.96. The molecule has 1 saturated heterocycles. The van der Waals surface area contributed by atoms with Gasteiger partial charge in [-0.2, -0.15) is 0 Å². The van der Waals surface area contributed by atoms with Crippen molar-refractivity contribution < 1.29 is 14.7 Å². The van der Waals surface area contributed by atoms with Gasteiger partial charge in [-0.25, -0.2) is 0 Å². The number of fused-ring (bicyclic) bond motifs is 3. The maximum Gasteiger partial charge on any atom is 0.323 e. The van der Waals surface area contributed by atoms with Crippen LogP contribution < -0.4 is 25.2 Å². The van der Waals surface area contributed by atoms with Crippen molar-refractivity contribution in [2.45, 2.75) is 58.2 Å². The Morgan fingerprint density at radius 2 is 1.76 bits per heavy atom. The molecule has 1 amide bonds. The molecule has 2 aromatic heterocycles. The van der Waals surface area contributed by atoms with Gasteiger partial charge in [0.05, 0.1) is 4.53 Å². The minimum Gasteiger partial charge on any atom is -0.480 e. The molecule has 1 aliphatic carbocycles. The molecule has 3 aliphatic rings. The van der Waals surface area contributed by atoms with E-state index in [9.17, 15) is 24.3 Å². The number of hydrogen-bond acceptors (Lipinski definition) is 9. The molecule has 2 atom stereocenters. The summed E-state index contributed by atoms with van der Waals surface area (Å²) in [6.07, 6.45) is 5.17. The maximum absolute atomic E-state index is 13.7. The molecule has 9 nitrogen and oxygen atoms in total. The van der Waals surface area contributed by atoms with Crippen LogP contribution in [-0.4, -0.2) is 47.9 Å². The molecule has 236 valence electrons. The minimum absolute atomic E-state index is 0.225. The summed E-state index contributed by atoms with van der Waals surface area (Å²) >= 11 is 8.74. The van der Waals surface area contributed by atoms with E-state index in [1.165, 1.54) is 26.4 Å². The van der Waals surface area contributed by atoms with Crippen LogP contribution in [0.1, 0.15) is 50.2 Å². The highest BCUT2D eigenvalue weighted by atomic mass is 32.2. The number of hydrogen-bond donors (Lipinski definition) is 1. The zero-order chi connectivity index (χ0) is 32.3. The van der Waals surface area contributed by atoms with Crippen molar-refractivity contribution in [3.63, 3.8) is 0 Å². The molecule has 4 heterocycles. The van der Waals surface area contributed by atoms with E-state index >= 15 is 0 Å². The first-order valence-electron chi connectivity index (χ1n) is 15.1. The van der Waals surface area contributed by atoms with Crippen molar-refractivity contribution in [3.05, 3.63) is 98.8 Å². The minimum atomic E-state index is -1.19. The maximum atomic E-state index is 13.7. The lowest BCUT2D eigenvalue weighted by Crippen LogP contribution is -2.31. The standard InChI is InChI=1S/C33H30N4O5S4/c1-3-34-29(41)26(45-31(34)27-30(42)35(4-2)33(43)46-27)32-36(17-25(38)39)28(40)24(44-32)16-18-13-14-23-21(15-18)20-11-8-12-22(20)37(23)19-9-6-5-7-10-19/h5-7,9-10,13-16,20,22H,3-4,8,11-12,17H2,1-2H3,(H,38,39)/b24-16-,31-27+,32-26+. The van der Waals surface area contributed by atoms with Crippen molar-refractivity contribution in [2.75, 3.05) is 11.4 Å². The van der Waals surface area contributed by atoms with Gasteiger partial charge < -0.3 is 10.0 Å². The zero-order valence-electron chi connectivity index (χ0n) is 25.1. The van der Waals surface area contributed by atoms with Crippen LogP contribution in [0.2, 0.25) is 0 Å². The van der Waals surface area contributed by atoms with Crippen molar-refractivity contribution >= 4 is 85.2 Å². The van der Waals surface area contributed by atoms with Gasteiger partial charge in [-0.1, -0.05) is 54.7 Å². The molecule has 7 rings (SSSR count). The van der Waals surface area contributed by atoms with Crippen LogP contribution in [0.4, 0.5) is 11.4 Å². The Balaban J connectivity index is 1.42. The Morgan fingerprint density at radius 3 is 2.46 bits per heavy atom.